The minimum absolute atomic E-state index is 0.00547. The van der Waals surface area contributed by atoms with E-state index in [4.69, 9.17) is 13.9 Å². The van der Waals surface area contributed by atoms with Crippen LogP contribution in [0.15, 0.2) is 21.9 Å². The van der Waals surface area contributed by atoms with E-state index in [1.54, 1.807) is 31.4 Å². The van der Waals surface area contributed by atoms with Crippen molar-refractivity contribution in [3.63, 3.8) is 0 Å². The van der Waals surface area contributed by atoms with Crippen LogP contribution in [0.5, 0.6) is 0 Å². The summed E-state index contributed by atoms with van der Waals surface area (Å²) in [6.07, 6.45) is -0.0982. The SMILES string of the molecule is CCOC(=O)c1c(C)oc(NC(=O)CCC(=O)c2cccs2)c1C(=O)OCC. The number of Topliss-reactive ketones (excluding diaryl/α,β-unsaturated/α-hetero) is 1. The van der Waals surface area contributed by atoms with Crippen LogP contribution in [0, 0.1) is 6.92 Å². The monoisotopic (exact) mass is 407 g/mol. The summed E-state index contributed by atoms with van der Waals surface area (Å²) in [6, 6.07) is 3.44. The lowest BCUT2D eigenvalue weighted by Crippen LogP contribution is -2.18. The molecular formula is C19H21NO7S. The highest BCUT2D eigenvalue weighted by atomic mass is 32.1. The van der Waals surface area contributed by atoms with Crippen LogP contribution in [-0.2, 0) is 14.3 Å². The number of amides is 1. The van der Waals surface area contributed by atoms with Gasteiger partial charge in [0.1, 0.15) is 16.9 Å². The third kappa shape index (κ3) is 5.07. The molecule has 0 unspecified atom stereocenters. The number of furan rings is 1. The van der Waals surface area contributed by atoms with Gasteiger partial charge in [-0.15, -0.1) is 11.3 Å². The fourth-order valence-electron chi connectivity index (χ4n) is 2.46. The zero-order chi connectivity index (χ0) is 20.7. The van der Waals surface area contributed by atoms with Gasteiger partial charge in [0.15, 0.2) is 5.78 Å². The van der Waals surface area contributed by atoms with E-state index in [0.717, 1.165) is 0 Å². The summed E-state index contributed by atoms with van der Waals surface area (Å²) in [5.74, 6) is -2.33. The molecule has 0 saturated carbocycles. The van der Waals surface area contributed by atoms with Crippen molar-refractivity contribution < 1.29 is 33.1 Å². The molecule has 2 heterocycles. The van der Waals surface area contributed by atoms with E-state index in [1.807, 2.05) is 0 Å². The molecule has 1 amide bonds. The summed E-state index contributed by atoms with van der Waals surface area (Å²) in [5.41, 5.74) is -0.291. The minimum atomic E-state index is -0.813. The highest BCUT2D eigenvalue weighted by molar-refractivity contribution is 7.12. The summed E-state index contributed by atoms with van der Waals surface area (Å²) < 4.78 is 15.3. The van der Waals surface area contributed by atoms with Crippen LogP contribution in [0.1, 0.15) is 62.8 Å². The van der Waals surface area contributed by atoms with Crippen molar-refractivity contribution in [2.45, 2.75) is 33.6 Å². The highest BCUT2D eigenvalue weighted by Crippen LogP contribution is 2.29. The molecule has 0 aromatic carbocycles. The van der Waals surface area contributed by atoms with Gasteiger partial charge in [-0.3, -0.25) is 14.9 Å². The number of hydrogen-bond acceptors (Lipinski definition) is 8. The van der Waals surface area contributed by atoms with E-state index in [2.05, 4.69) is 5.32 Å². The Hall–Kier alpha value is -2.94. The Morgan fingerprint density at radius 3 is 2.25 bits per heavy atom. The molecule has 0 saturated heterocycles. The maximum Gasteiger partial charge on any atom is 0.344 e. The Kier molecular flexibility index (Phi) is 7.51. The van der Waals surface area contributed by atoms with Crippen LogP contribution >= 0.6 is 11.3 Å². The molecule has 0 aliphatic heterocycles. The van der Waals surface area contributed by atoms with Crippen molar-refractivity contribution in [2.24, 2.45) is 0 Å². The molecule has 0 spiro atoms. The molecule has 150 valence electrons. The summed E-state index contributed by atoms with van der Waals surface area (Å²) in [6.45, 7) is 4.91. The Balaban J connectivity index is 2.18. The zero-order valence-electron chi connectivity index (χ0n) is 15.8. The molecule has 9 heteroatoms. The number of ether oxygens (including phenoxy) is 2. The molecular weight excluding hydrogens is 386 g/mol. The summed E-state index contributed by atoms with van der Waals surface area (Å²) in [5, 5.41) is 4.22. The van der Waals surface area contributed by atoms with Gasteiger partial charge in [0.25, 0.3) is 0 Å². The molecule has 0 aliphatic carbocycles. The second-order valence-corrected chi connectivity index (χ2v) is 6.57. The van der Waals surface area contributed by atoms with E-state index in [9.17, 15) is 19.2 Å². The van der Waals surface area contributed by atoms with Crippen molar-refractivity contribution >= 4 is 40.9 Å². The van der Waals surface area contributed by atoms with E-state index in [1.165, 1.54) is 18.3 Å². The molecule has 0 atom stereocenters. The van der Waals surface area contributed by atoms with Gasteiger partial charge in [-0.1, -0.05) is 6.07 Å². The van der Waals surface area contributed by atoms with Gasteiger partial charge in [0, 0.05) is 12.8 Å². The van der Waals surface area contributed by atoms with Crippen LogP contribution in [0.3, 0.4) is 0 Å². The van der Waals surface area contributed by atoms with Crippen molar-refractivity contribution in [2.75, 3.05) is 18.5 Å². The first-order chi connectivity index (χ1) is 13.4. The van der Waals surface area contributed by atoms with Gasteiger partial charge in [0.05, 0.1) is 18.1 Å². The molecule has 0 fully saturated rings. The van der Waals surface area contributed by atoms with Gasteiger partial charge in [-0.2, -0.15) is 0 Å². The Morgan fingerprint density at radius 1 is 1.04 bits per heavy atom. The minimum Gasteiger partial charge on any atom is -0.462 e. The molecule has 0 radical (unpaired) electrons. The largest absolute Gasteiger partial charge is 0.462 e. The van der Waals surface area contributed by atoms with E-state index in [0.29, 0.717) is 4.88 Å². The van der Waals surface area contributed by atoms with Gasteiger partial charge >= 0.3 is 11.9 Å². The number of carbonyl (C=O) groups excluding carboxylic acids is 4. The van der Waals surface area contributed by atoms with Crippen molar-refractivity contribution in [3.8, 4) is 0 Å². The number of carbonyl (C=O) groups is 4. The number of anilines is 1. The Morgan fingerprint density at radius 2 is 1.68 bits per heavy atom. The third-order valence-electron chi connectivity index (χ3n) is 3.67. The number of hydrogen-bond donors (Lipinski definition) is 1. The summed E-state index contributed by atoms with van der Waals surface area (Å²) in [7, 11) is 0. The Bertz CT molecular complexity index is 867. The maximum absolute atomic E-state index is 12.3. The van der Waals surface area contributed by atoms with Crippen LogP contribution < -0.4 is 5.32 Å². The average molecular weight is 407 g/mol. The third-order valence-corrected chi connectivity index (χ3v) is 4.58. The van der Waals surface area contributed by atoms with Gasteiger partial charge < -0.3 is 13.9 Å². The smallest absolute Gasteiger partial charge is 0.344 e. The maximum atomic E-state index is 12.3. The van der Waals surface area contributed by atoms with E-state index >= 15 is 0 Å². The fraction of sp³-hybridized carbons (Fsp3) is 0.368. The topological polar surface area (TPSA) is 112 Å². The second kappa shape index (κ2) is 9.84. The van der Waals surface area contributed by atoms with Crippen molar-refractivity contribution in [1.82, 2.24) is 0 Å². The zero-order valence-corrected chi connectivity index (χ0v) is 16.6. The fourth-order valence-corrected chi connectivity index (χ4v) is 3.15. The number of aryl methyl sites for hydroxylation is 1. The molecule has 2 aromatic heterocycles. The number of ketones is 1. The van der Waals surface area contributed by atoms with Crippen LogP contribution in [-0.4, -0.2) is 36.8 Å². The molecule has 8 nitrogen and oxygen atoms in total. The number of thiophene rings is 1. The molecule has 0 aliphatic rings. The van der Waals surface area contributed by atoms with Crippen LogP contribution in [0.2, 0.25) is 0 Å². The summed E-state index contributed by atoms with van der Waals surface area (Å²) in [4.78, 5) is 49.3. The normalized spacial score (nSPS) is 10.4. The van der Waals surface area contributed by atoms with Crippen LogP contribution in [0.25, 0.3) is 0 Å². The predicted octanol–water partition coefficient (Wildman–Crippen LogP) is 3.60. The van der Waals surface area contributed by atoms with Crippen LogP contribution in [0.4, 0.5) is 5.88 Å². The Labute approximate surface area is 165 Å². The van der Waals surface area contributed by atoms with Gasteiger partial charge in [-0.25, -0.2) is 9.59 Å². The van der Waals surface area contributed by atoms with Crippen molar-refractivity contribution in [3.05, 3.63) is 39.3 Å². The van der Waals surface area contributed by atoms with Gasteiger partial charge in [-0.05, 0) is 32.2 Å². The lowest BCUT2D eigenvalue weighted by molar-refractivity contribution is -0.116. The van der Waals surface area contributed by atoms with E-state index < -0.39 is 17.8 Å². The molecule has 1 N–H and O–H groups in total. The first-order valence-corrected chi connectivity index (χ1v) is 9.61. The highest BCUT2D eigenvalue weighted by Gasteiger charge is 2.31. The molecule has 0 bridgehead atoms. The number of rotatable bonds is 9. The molecule has 2 aromatic rings. The lowest BCUT2D eigenvalue weighted by Gasteiger charge is -2.06. The predicted molar refractivity (Wildman–Crippen MR) is 102 cm³/mol. The first-order valence-electron chi connectivity index (χ1n) is 8.73. The summed E-state index contributed by atoms with van der Waals surface area (Å²) >= 11 is 1.30. The van der Waals surface area contributed by atoms with E-state index in [-0.39, 0.29) is 54.6 Å². The van der Waals surface area contributed by atoms with Gasteiger partial charge in [0.2, 0.25) is 11.8 Å². The lowest BCUT2D eigenvalue weighted by atomic mass is 10.1. The quantitative estimate of drug-likeness (QED) is 0.499. The molecule has 2 rings (SSSR count). The number of esters is 2. The average Bonchev–Trinajstić information content (AvgIpc) is 3.28. The standard InChI is InChI=1S/C19H21NO7S/c1-4-25-18(23)15-11(3)27-17(16(15)19(24)26-5-2)20-14(22)9-8-12(21)13-7-6-10-28-13/h6-7,10H,4-5,8-9H2,1-3H3,(H,20,22). The molecule has 28 heavy (non-hydrogen) atoms. The van der Waals surface area contributed by atoms with Crippen molar-refractivity contribution in [1.29, 1.82) is 0 Å². The first kappa shape index (κ1) is 21.4. The second-order valence-electron chi connectivity index (χ2n) is 5.63. The number of nitrogens with one attached hydrogen (secondary N) is 1.